The van der Waals surface area contributed by atoms with Crippen LogP contribution in [0.4, 0.5) is 0 Å². The molecule has 0 aromatic rings. The van der Waals surface area contributed by atoms with E-state index in [0.29, 0.717) is 5.92 Å². The van der Waals surface area contributed by atoms with Gasteiger partial charge in [-0.15, -0.1) is 0 Å². The Bertz CT molecular complexity index is 234. The molecule has 0 radical (unpaired) electrons. The average molecular weight is 180 g/mol. The fraction of sp³-hybridized carbons (Fsp3) is 0.667. The molecular weight excluding hydrogens is 160 g/mol. The topological polar surface area (TPSA) is 9.23 Å². The third-order valence-electron chi connectivity index (χ3n) is 2.54. The second-order valence-electron chi connectivity index (χ2n) is 3.73. The monoisotopic (exact) mass is 180 g/mol. The maximum Gasteiger partial charge on any atom is 0.106 e. The first-order chi connectivity index (χ1) is 6.20. The number of allylic oxidation sites excluding steroid dienone is 3. The van der Waals surface area contributed by atoms with Gasteiger partial charge in [0.2, 0.25) is 0 Å². The van der Waals surface area contributed by atoms with E-state index in [2.05, 4.69) is 33.8 Å². The first-order valence-electron chi connectivity index (χ1n) is 5.25. The maximum absolute atomic E-state index is 5.61. The van der Waals surface area contributed by atoms with E-state index in [9.17, 15) is 0 Å². The molecule has 1 heteroatoms. The highest BCUT2D eigenvalue weighted by atomic mass is 16.5. The molecule has 0 aromatic carbocycles. The molecule has 0 N–H and O–H groups in total. The van der Waals surface area contributed by atoms with E-state index in [1.54, 1.807) is 0 Å². The molecule has 0 fully saturated rings. The molecule has 1 aliphatic rings. The van der Waals surface area contributed by atoms with Gasteiger partial charge in [0.25, 0.3) is 0 Å². The molecule has 0 aliphatic carbocycles. The van der Waals surface area contributed by atoms with Crippen molar-refractivity contribution in [2.24, 2.45) is 5.92 Å². The van der Waals surface area contributed by atoms with E-state index in [-0.39, 0.29) is 0 Å². The summed E-state index contributed by atoms with van der Waals surface area (Å²) in [5.41, 5.74) is 2.93. The van der Waals surface area contributed by atoms with E-state index in [0.717, 1.165) is 19.4 Å². The van der Waals surface area contributed by atoms with E-state index in [1.165, 1.54) is 16.9 Å². The SMILES string of the molecule is CCC1=C(CC)C(C(C)C)=CCO1. The van der Waals surface area contributed by atoms with Gasteiger partial charge in [0, 0.05) is 6.42 Å². The summed E-state index contributed by atoms with van der Waals surface area (Å²) < 4.78 is 5.61. The average Bonchev–Trinajstić information content (AvgIpc) is 2.16. The molecule has 74 valence electrons. The number of rotatable bonds is 3. The van der Waals surface area contributed by atoms with E-state index in [4.69, 9.17) is 4.74 Å². The van der Waals surface area contributed by atoms with Crippen molar-refractivity contribution in [1.29, 1.82) is 0 Å². The lowest BCUT2D eigenvalue weighted by molar-refractivity contribution is 0.226. The minimum Gasteiger partial charge on any atom is -0.494 e. The molecule has 0 saturated carbocycles. The first-order valence-corrected chi connectivity index (χ1v) is 5.25. The molecule has 1 heterocycles. The van der Waals surface area contributed by atoms with Crippen molar-refractivity contribution < 1.29 is 4.74 Å². The van der Waals surface area contributed by atoms with Gasteiger partial charge in [0.1, 0.15) is 6.61 Å². The fourth-order valence-corrected chi connectivity index (χ4v) is 1.90. The number of hydrogen-bond acceptors (Lipinski definition) is 1. The molecule has 13 heavy (non-hydrogen) atoms. The Kier molecular flexibility index (Phi) is 3.58. The molecule has 1 aliphatic heterocycles. The fourth-order valence-electron chi connectivity index (χ4n) is 1.90. The molecule has 1 nitrogen and oxygen atoms in total. The predicted molar refractivity (Wildman–Crippen MR) is 56.5 cm³/mol. The molecule has 0 atom stereocenters. The highest BCUT2D eigenvalue weighted by Crippen LogP contribution is 2.30. The summed E-state index contributed by atoms with van der Waals surface area (Å²) in [6.45, 7) is 9.63. The highest BCUT2D eigenvalue weighted by Gasteiger charge is 2.16. The Balaban J connectivity index is 2.96. The van der Waals surface area contributed by atoms with Crippen LogP contribution in [0, 0.1) is 5.92 Å². The molecule has 0 aromatic heterocycles. The van der Waals surface area contributed by atoms with Gasteiger partial charge < -0.3 is 4.74 Å². The van der Waals surface area contributed by atoms with Crippen LogP contribution in [0.2, 0.25) is 0 Å². The number of ether oxygens (including phenoxy) is 1. The van der Waals surface area contributed by atoms with Crippen LogP contribution in [-0.4, -0.2) is 6.61 Å². The van der Waals surface area contributed by atoms with Crippen molar-refractivity contribution in [1.82, 2.24) is 0 Å². The summed E-state index contributed by atoms with van der Waals surface area (Å²) >= 11 is 0. The summed E-state index contributed by atoms with van der Waals surface area (Å²) in [4.78, 5) is 0. The van der Waals surface area contributed by atoms with Crippen molar-refractivity contribution in [2.75, 3.05) is 6.61 Å². The van der Waals surface area contributed by atoms with E-state index in [1.807, 2.05) is 0 Å². The van der Waals surface area contributed by atoms with Crippen molar-refractivity contribution in [3.8, 4) is 0 Å². The Morgan fingerprint density at radius 3 is 2.46 bits per heavy atom. The van der Waals surface area contributed by atoms with Crippen LogP contribution >= 0.6 is 0 Å². The highest BCUT2D eigenvalue weighted by molar-refractivity contribution is 5.36. The van der Waals surface area contributed by atoms with Crippen LogP contribution in [0.5, 0.6) is 0 Å². The van der Waals surface area contributed by atoms with Crippen molar-refractivity contribution in [3.63, 3.8) is 0 Å². The van der Waals surface area contributed by atoms with Gasteiger partial charge in [0.05, 0.1) is 5.76 Å². The second kappa shape index (κ2) is 4.50. The molecule has 0 bridgehead atoms. The van der Waals surface area contributed by atoms with Gasteiger partial charge in [-0.05, 0) is 29.6 Å². The van der Waals surface area contributed by atoms with Crippen LogP contribution in [-0.2, 0) is 4.74 Å². The van der Waals surface area contributed by atoms with Gasteiger partial charge in [-0.1, -0.05) is 27.7 Å². The van der Waals surface area contributed by atoms with Crippen LogP contribution in [0.3, 0.4) is 0 Å². The largest absolute Gasteiger partial charge is 0.494 e. The summed E-state index contributed by atoms with van der Waals surface area (Å²) in [5.74, 6) is 1.83. The first kappa shape index (κ1) is 10.4. The quantitative estimate of drug-likeness (QED) is 0.644. The molecule has 0 spiro atoms. The zero-order valence-electron chi connectivity index (χ0n) is 9.18. The summed E-state index contributed by atoms with van der Waals surface area (Å²) in [6, 6.07) is 0. The van der Waals surface area contributed by atoms with Gasteiger partial charge in [0.15, 0.2) is 0 Å². The lowest BCUT2D eigenvalue weighted by atomic mass is 9.90. The minimum atomic E-state index is 0.625. The molecule has 0 unspecified atom stereocenters. The van der Waals surface area contributed by atoms with Crippen LogP contribution in [0.25, 0.3) is 0 Å². The zero-order chi connectivity index (χ0) is 9.84. The second-order valence-corrected chi connectivity index (χ2v) is 3.73. The summed E-state index contributed by atoms with van der Waals surface area (Å²) in [6.07, 6.45) is 4.34. The smallest absolute Gasteiger partial charge is 0.106 e. The predicted octanol–water partition coefficient (Wildman–Crippen LogP) is 3.67. The Morgan fingerprint density at radius 1 is 1.31 bits per heavy atom. The van der Waals surface area contributed by atoms with Crippen molar-refractivity contribution >= 4 is 0 Å². The number of hydrogen-bond donors (Lipinski definition) is 0. The van der Waals surface area contributed by atoms with Gasteiger partial charge in [-0.2, -0.15) is 0 Å². The molecule has 0 amide bonds. The summed E-state index contributed by atoms with van der Waals surface area (Å²) in [7, 11) is 0. The van der Waals surface area contributed by atoms with Crippen molar-refractivity contribution in [3.05, 3.63) is 23.0 Å². The standard InChI is InChI=1S/C12H20O/c1-5-10-11(9(3)4)7-8-13-12(10)6-2/h7,9H,5-6,8H2,1-4H3. The van der Waals surface area contributed by atoms with Gasteiger partial charge in [-0.3, -0.25) is 0 Å². The maximum atomic E-state index is 5.61. The van der Waals surface area contributed by atoms with E-state index >= 15 is 0 Å². The third kappa shape index (κ3) is 2.15. The minimum absolute atomic E-state index is 0.625. The Morgan fingerprint density at radius 2 is 2.00 bits per heavy atom. The Labute approximate surface area is 81.5 Å². The normalized spacial score (nSPS) is 17.5. The summed E-state index contributed by atoms with van der Waals surface area (Å²) in [5, 5.41) is 0. The van der Waals surface area contributed by atoms with Crippen LogP contribution in [0.15, 0.2) is 23.0 Å². The molecular formula is C12H20O. The van der Waals surface area contributed by atoms with E-state index < -0.39 is 0 Å². The van der Waals surface area contributed by atoms with Crippen LogP contribution < -0.4 is 0 Å². The van der Waals surface area contributed by atoms with Crippen molar-refractivity contribution in [2.45, 2.75) is 40.5 Å². The zero-order valence-corrected chi connectivity index (χ0v) is 9.18. The van der Waals surface area contributed by atoms with Gasteiger partial charge in [-0.25, -0.2) is 0 Å². The molecule has 0 saturated heterocycles. The third-order valence-corrected chi connectivity index (χ3v) is 2.54. The van der Waals surface area contributed by atoms with Gasteiger partial charge >= 0.3 is 0 Å². The Hall–Kier alpha value is -0.720. The molecule has 1 rings (SSSR count). The van der Waals surface area contributed by atoms with Crippen LogP contribution in [0.1, 0.15) is 40.5 Å². The lowest BCUT2D eigenvalue weighted by Gasteiger charge is -2.23. The lowest BCUT2D eigenvalue weighted by Crippen LogP contribution is -2.10.